The van der Waals surface area contributed by atoms with E-state index in [-0.39, 0.29) is 31.1 Å². The molecule has 75 heavy (non-hydrogen) atoms. The van der Waals surface area contributed by atoms with Crippen LogP contribution in [0.1, 0.15) is 367 Å². The third-order valence-electron chi connectivity index (χ3n) is 14.5. The van der Waals surface area contributed by atoms with Gasteiger partial charge >= 0.3 is 17.9 Å². The van der Waals surface area contributed by atoms with Crippen LogP contribution in [-0.2, 0) is 28.6 Å². The van der Waals surface area contributed by atoms with E-state index in [9.17, 15) is 14.4 Å². The molecule has 6 nitrogen and oxygen atoms in total. The van der Waals surface area contributed by atoms with Gasteiger partial charge in [0.2, 0.25) is 0 Å². The van der Waals surface area contributed by atoms with E-state index >= 15 is 0 Å². The van der Waals surface area contributed by atoms with Gasteiger partial charge in [0.25, 0.3) is 0 Å². The van der Waals surface area contributed by atoms with Crippen molar-refractivity contribution in [1.82, 2.24) is 0 Å². The van der Waals surface area contributed by atoms with Gasteiger partial charge in [-0.15, -0.1) is 35.5 Å². The van der Waals surface area contributed by atoms with Crippen molar-refractivity contribution in [3.05, 3.63) is 0 Å². The summed E-state index contributed by atoms with van der Waals surface area (Å²) in [6.45, 7) is 6.63. The zero-order valence-electron chi connectivity index (χ0n) is 50.1. The molecule has 0 rings (SSSR count). The first kappa shape index (κ1) is 72.1. The minimum absolute atomic E-state index is 0.0824. The van der Waals surface area contributed by atoms with Gasteiger partial charge in [-0.2, -0.15) is 0 Å². The lowest BCUT2D eigenvalue weighted by atomic mass is 10.1. The number of ether oxygens (including phenoxy) is 3. The zero-order chi connectivity index (χ0) is 54.3. The third-order valence-corrected chi connectivity index (χ3v) is 14.5. The summed E-state index contributed by atoms with van der Waals surface area (Å²) in [5.74, 6) is 19.3. The van der Waals surface area contributed by atoms with Crippen LogP contribution in [0.4, 0.5) is 0 Å². The molecule has 0 fully saturated rings. The Labute approximate surface area is 466 Å². The van der Waals surface area contributed by atoms with Gasteiger partial charge in [0, 0.05) is 57.8 Å². The van der Waals surface area contributed by atoms with E-state index in [1.165, 1.54) is 231 Å². The predicted molar refractivity (Wildman–Crippen MR) is 321 cm³/mol. The molecule has 0 unspecified atom stereocenters. The van der Waals surface area contributed by atoms with Crippen LogP contribution in [0.3, 0.4) is 0 Å². The number of hydrogen-bond acceptors (Lipinski definition) is 6. The minimum atomic E-state index is -0.786. The number of rotatable bonds is 56. The van der Waals surface area contributed by atoms with E-state index in [1.807, 2.05) is 0 Å². The van der Waals surface area contributed by atoms with Crippen molar-refractivity contribution in [3.8, 4) is 35.5 Å². The summed E-state index contributed by atoms with van der Waals surface area (Å²) in [5.41, 5.74) is 0. The fourth-order valence-corrected chi connectivity index (χ4v) is 9.55. The molecule has 0 N–H and O–H groups in total. The van der Waals surface area contributed by atoms with Crippen molar-refractivity contribution in [2.24, 2.45) is 0 Å². The first-order valence-corrected chi connectivity index (χ1v) is 32.9. The Morgan fingerprint density at radius 2 is 0.440 bits per heavy atom. The average molecular weight is 1050 g/mol. The Morgan fingerprint density at radius 3 is 0.667 bits per heavy atom. The van der Waals surface area contributed by atoms with Gasteiger partial charge in [-0.3, -0.25) is 14.4 Å². The first-order chi connectivity index (χ1) is 37.0. The quantitative estimate of drug-likeness (QED) is 0.0261. The second-order valence-corrected chi connectivity index (χ2v) is 22.1. The molecule has 0 aromatic heterocycles. The predicted octanol–water partition coefficient (Wildman–Crippen LogP) is 21.1. The van der Waals surface area contributed by atoms with E-state index in [0.717, 1.165) is 96.3 Å². The summed E-state index contributed by atoms with van der Waals surface area (Å²) in [6, 6.07) is 0. The highest BCUT2D eigenvalue weighted by molar-refractivity contribution is 5.71. The largest absolute Gasteiger partial charge is 0.462 e. The second kappa shape index (κ2) is 63.6. The van der Waals surface area contributed by atoms with E-state index in [1.54, 1.807) is 0 Å². The molecule has 0 aromatic rings. The van der Waals surface area contributed by atoms with Gasteiger partial charge in [-0.05, 0) is 57.8 Å². The highest BCUT2D eigenvalue weighted by Gasteiger charge is 2.19. The molecule has 0 aliphatic rings. The number of carbonyl (C=O) groups excluding carboxylic acids is 3. The topological polar surface area (TPSA) is 78.9 Å². The van der Waals surface area contributed by atoms with Crippen molar-refractivity contribution < 1.29 is 28.6 Å². The van der Waals surface area contributed by atoms with Gasteiger partial charge in [-0.25, -0.2) is 0 Å². The number of esters is 3. The van der Waals surface area contributed by atoms with Gasteiger partial charge in [0.05, 0.1) is 0 Å². The van der Waals surface area contributed by atoms with Crippen LogP contribution >= 0.6 is 0 Å². The summed E-state index contributed by atoms with van der Waals surface area (Å²) in [7, 11) is 0. The van der Waals surface area contributed by atoms with Gasteiger partial charge in [-0.1, -0.05) is 252 Å². The fourth-order valence-electron chi connectivity index (χ4n) is 9.55. The van der Waals surface area contributed by atoms with Crippen molar-refractivity contribution in [2.45, 2.75) is 374 Å². The normalized spacial score (nSPS) is 10.9. The van der Waals surface area contributed by atoms with Crippen LogP contribution in [0, 0.1) is 35.5 Å². The molecule has 6 heteroatoms. The van der Waals surface area contributed by atoms with Crippen molar-refractivity contribution in [2.75, 3.05) is 13.2 Å². The molecule has 434 valence electrons. The van der Waals surface area contributed by atoms with Crippen LogP contribution < -0.4 is 0 Å². The Morgan fingerprint density at radius 1 is 0.253 bits per heavy atom. The van der Waals surface area contributed by atoms with Crippen molar-refractivity contribution >= 4 is 17.9 Å². The molecule has 0 radical (unpaired) electrons. The highest BCUT2D eigenvalue weighted by Crippen LogP contribution is 2.16. The summed E-state index contributed by atoms with van der Waals surface area (Å²) in [6.07, 6.45) is 61.5. The standard InChI is InChI=1S/C69H122O6/c1-4-7-10-13-16-19-22-25-28-31-34-37-40-43-46-49-52-55-58-61-67(70)73-64-66(75-69(72)63-60-57-54-51-48-45-42-39-36-33-30-27-24-21-18-15-12-9-6-3)65-74-68(71)62-59-56-53-50-47-44-41-38-35-32-29-26-23-20-17-14-11-8-5-2/h66H,4-24,31-65H2,1-3H3. The van der Waals surface area contributed by atoms with E-state index in [0.29, 0.717) is 19.3 Å². The third kappa shape index (κ3) is 61.8. The molecule has 0 aliphatic carbocycles. The molecule has 0 heterocycles. The lowest BCUT2D eigenvalue weighted by molar-refractivity contribution is -0.167. The van der Waals surface area contributed by atoms with Crippen molar-refractivity contribution in [1.29, 1.82) is 0 Å². The Hall–Kier alpha value is -2.91. The minimum Gasteiger partial charge on any atom is -0.462 e. The van der Waals surface area contributed by atoms with Gasteiger partial charge in [0.1, 0.15) is 13.2 Å². The number of carbonyl (C=O) groups is 3. The first-order valence-electron chi connectivity index (χ1n) is 32.9. The summed E-state index contributed by atoms with van der Waals surface area (Å²) < 4.78 is 16.9. The molecule has 0 spiro atoms. The number of hydrogen-bond donors (Lipinski definition) is 0. The molecule has 0 saturated carbocycles. The van der Waals surface area contributed by atoms with Crippen LogP contribution in [0.2, 0.25) is 0 Å². The molecule has 0 aromatic carbocycles. The van der Waals surface area contributed by atoms with Crippen molar-refractivity contribution in [3.63, 3.8) is 0 Å². The molecule has 0 atom stereocenters. The number of unbranched alkanes of at least 4 members (excludes halogenated alkanes) is 45. The van der Waals surface area contributed by atoms with E-state index in [2.05, 4.69) is 56.3 Å². The Balaban J connectivity index is 4.36. The smallest absolute Gasteiger partial charge is 0.306 e. The second-order valence-electron chi connectivity index (χ2n) is 22.1. The molecule has 0 saturated heterocycles. The van der Waals surface area contributed by atoms with Crippen LogP contribution in [-0.4, -0.2) is 37.2 Å². The van der Waals surface area contributed by atoms with Crippen LogP contribution in [0.5, 0.6) is 0 Å². The summed E-state index contributed by atoms with van der Waals surface area (Å²) >= 11 is 0. The SMILES string of the molecule is CCCCCCCCC#CCCCCCCCCCCCC(=O)OCC(COC(=O)CCCCCCCCCCCC#CCCCCCCCC)OC(=O)CCCCCCCCCCCC#CCCCCCCCC. The fraction of sp³-hybridized carbons (Fsp3) is 0.870. The lowest BCUT2D eigenvalue weighted by Gasteiger charge is -2.18. The molecular formula is C69H122O6. The highest BCUT2D eigenvalue weighted by atomic mass is 16.6. The lowest BCUT2D eigenvalue weighted by Crippen LogP contribution is -2.30. The molecule has 0 aliphatic heterocycles. The van der Waals surface area contributed by atoms with E-state index < -0.39 is 6.10 Å². The monoisotopic (exact) mass is 1050 g/mol. The summed E-state index contributed by atoms with van der Waals surface area (Å²) in [5, 5.41) is 0. The van der Waals surface area contributed by atoms with Crippen LogP contribution in [0.25, 0.3) is 0 Å². The Bertz CT molecular complexity index is 1350. The maximum absolute atomic E-state index is 12.9. The summed E-state index contributed by atoms with van der Waals surface area (Å²) in [4.78, 5) is 38.4. The Kier molecular flexibility index (Phi) is 61.2. The molecule has 0 bridgehead atoms. The van der Waals surface area contributed by atoms with E-state index in [4.69, 9.17) is 14.2 Å². The van der Waals surface area contributed by atoms with Gasteiger partial charge < -0.3 is 14.2 Å². The van der Waals surface area contributed by atoms with Crippen LogP contribution in [0.15, 0.2) is 0 Å². The molecule has 0 amide bonds. The maximum Gasteiger partial charge on any atom is 0.306 e. The average Bonchev–Trinajstić information content (AvgIpc) is 3.41. The van der Waals surface area contributed by atoms with Gasteiger partial charge in [0.15, 0.2) is 6.10 Å². The zero-order valence-corrected chi connectivity index (χ0v) is 50.1. The maximum atomic E-state index is 12.9. The molecular weight excluding hydrogens is 925 g/mol.